The third-order valence-electron chi connectivity index (χ3n) is 15.5. The van der Waals surface area contributed by atoms with Gasteiger partial charge < -0.3 is 34.0 Å². The minimum absolute atomic E-state index is 0.0383. The van der Waals surface area contributed by atoms with E-state index in [2.05, 4.69) is 55.6 Å². The van der Waals surface area contributed by atoms with Crippen molar-refractivity contribution in [3.63, 3.8) is 0 Å². The molecular formula is C67H131N2O7P. The van der Waals surface area contributed by atoms with Crippen LogP contribution >= 0.6 is 7.82 Å². The number of allylic oxidation sites excluding steroid dienone is 6. The molecule has 4 unspecified atom stereocenters. The van der Waals surface area contributed by atoms with Gasteiger partial charge in [0.25, 0.3) is 7.82 Å². The lowest BCUT2D eigenvalue weighted by atomic mass is 9.99. The van der Waals surface area contributed by atoms with Gasteiger partial charge in [0.2, 0.25) is 5.91 Å². The van der Waals surface area contributed by atoms with Gasteiger partial charge in [0, 0.05) is 6.42 Å². The highest BCUT2D eigenvalue weighted by atomic mass is 31.2. The first-order chi connectivity index (χ1) is 37.4. The Hall–Kier alpha value is -1.32. The number of likely N-dealkylation sites (N-methyl/N-ethyl adjacent to an activating group) is 1. The second-order valence-electron chi connectivity index (χ2n) is 24.3. The van der Waals surface area contributed by atoms with Crippen molar-refractivity contribution >= 4 is 13.7 Å². The molecule has 10 heteroatoms. The second kappa shape index (κ2) is 57.9. The third-order valence-corrected chi connectivity index (χ3v) is 16.4. The van der Waals surface area contributed by atoms with Crippen molar-refractivity contribution in [2.24, 2.45) is 0 Å². The molecular weight excluding hydrogens is 976 g/mol. The Kier molecular flexibility index (Phi) is 56.9. The standard InChI is InChI=1S/C67H131N2O7P/c1-6-8-10-12-14-16-18-20-21-22-23-24-25-26-27-28-29-30-31-32-33-34-35-36-37-38-39-40-41-42-43-44-45-46-47-48-50-52-54-56-58-60-66(71)68-64(63-76-77(73,74)75-62-61-69(3,4)5)67(72)65(70)59-57-55-53-51-49-19-17-15-13-11-9-7-2/h18,20,22-23,25-26,64-65,67,70,72H,6-17,19,21,24,27-63H2,1-5H3,(H-,68,71,73,74)/b20-18-,23-22-,26-25-. The first-order valence-corrected chi connectivity index (χ1v) is 34.9. The van der Waals surface area contributed by atoms with Crippen molar-refractivity contribution in [1.82, 2.24) is 5.32 Å². The number of rotatable bonds is 62. The molecule has 3 N–H and O–H groups in total. The van der Waals surface area contributed by atoms with Gasteiger partial charge in [-0.15, -0.1) is 0 Å². The molecule has 456 valence electrons. The Morgan fingerprint density at radius 1 is 0.468 bits per heavy atom. The van der Waals surface area contributed by atoms with Gasteiger partial charge in [-0.2, -0.15) is 0 Å². The zero-order valence-electron chi connectivity index (χ0n) is 51.8. The number of phosphoric acid groups is 1. The minimum atomic E-state index is -4.67. The highest BCUT2D eigenvalue weighted by Gasteiger charge is 2.29. The molecule has 0 radical (unpaired) electrons. The summed E-state index contributed by atoms with van der Waals surface area (Å²) in [7, 11) is 1.14. The molecule has 0 heterocycles. The molecule has 0 aliphatic carbocycles. The number of nitrogens with one attached hydrogen (secondary N) is 1. The van der Waals surface area contributed by atoms with Gasteiger partial charge >= 0.3 is 0 Å². The van der Waals surface area contributed by atoms with Crippen LogP contribution in [0.4, 0.5) is 0 Å². The molecule has 77 heavy (non-hydrogen) atoms. The molecule has 0 aromatic heterocycles. The Balaban J connectivity index is 3.88. The van der Waals surface area contributed by atoms with Crippen LogP contribution in [0.3, 0.4) is 0 Å². The van der Waals surface area contributed by atoms with Crippen molar-refractivity contribution in [2.45, 2.75) is 347 Å². The Morgan fingerprint density at radius 3 is 1.13 bits per heavy atom. The lowest BCUT2D eigenvalue weighted by Gasteiger charge is -2.31. The summed E-state index contributed by atoms with van der Waals surface area (Å²) in [4.78, 5) is 25.6. The van der Waals surface area contributed by atoms with Gasteiger partial charge in [-0.3, -0.25) is 9.36 Å². The number of amides is 1. The number of carbonyl (C=O) groups excluding carboxylic acids is 1. The largest absolute Gasteiger partial charge is 0.756 e. The molecule has 1 amide bonds. The number of unbranched alkanes of at least 4 members (excludes halogenated alkanes) is 42. The van der Waals surface area contributed by atoms with Crippen LogP contribution in [0, 0.1) is 0 Å². The van der Waals surface area contributed by atoms with Crippen LogP contribution in [-0.4, -0.2) is 79.8 Å². The van der Waals surface area contributed by atoms with Crippen molar-refractivity contribution in [2.75, 3.05) is 40.9 Å². The molecule has 0 aromatic rings. The van der Waals surface area contributed by atoms with Gasteiger partial charge in [0.1, 0.15) is 19.3 Å². The molecule has 0 saturated heterocycles. The fourth-order valence-electron chi connectivity index (χ4n) is 10.2. The Bertz CT molecular complexity index is 1370. The van der Waals surface area contributed by atoms with E-state index >= 15 is 0 Å². The first kappa shape index (κ1) is 75.7. The molecule has 0 aliphatic heterocycles. The normalized spacial score (nSPS) is 14.3. The predicted molar refractivity (Wildman–Crippen MR) is 331 cm³/mol. The van der Waals surface area contributed by atoms with Crippen molar-refractivity contribution in [1.29, 1.82) is 0 Å². The number of aliphatic hydroxyl groups excluding tert-OH is 2. The van der Waals surface area contributed by atoms with Crippen LogP contribution in [0.25, 0.3) is 0 Å². The van der Waals surface area contributed by atoms with E-state index in [0.717, 1.165) is 51.4 Å². The van der Waals surface area contributed by atoms with Crippen molar-refractivity contribution in [3.05, 3.63) is 36.5 Å². The summed E-state index contributed by atoms with van der Waals surface area (Å²) in [5.41, 5.74) is 0. The third kappa shape index (κ3) is 59.1. The molecule has 0 spiro atoms. The molecule has 9 nitrogen and oxygen atoms in total. The van der Waals surface area contributed by atoms with Crippen LogP contribution in [0.1, 0.15) is 328 Å². The molecule has 0 rings (SSSR count). The fraction of sp³-hybridized carbons (Fsp3) is 0.896. The van der Waals surface area contributed by atoms with Crippen LogP contribution in [-0.2, 0) is 18.4 Å². The van der Waals surface area contributed by atoms with Gasteiger partial charge in [0.15, 0.2) is 0 Å². The van der Waals surface area contributed by atoms with Gasteiger partial charge in [0.05, 0.1) is 39.9 Å². The van der Waals surface area contributed by atoms with Gasteiger partial charge in [-0.25, -0.2) is 0 Å². The SMILES string of the molecule is CCCCCCC/C=C\C/C=C\C/C=C\CCCCCCCCCCCCCCCCCCCCCCCCCCCCC(=O)NC(COP(=O)([O-])OCC[N+](C)(C)C)C(O)C(O)CCCCCCCCCCCCCC. The summed E-state index contributed by atoms with van der Waals surface area (Å²) in [6.45, 7) is 4.46. The quantitative estimate of drug-likeness (QED) is 0.0239. The average Bonchev–Trinajstić information content (AvgIpc) is 3.39. The van der Waals surface area contributed by atoms with Crippen LogP contribution in [0.5, 0.6) is 0 Å². The maximum Gasteiger partial charge on any atom is 0.268 e. The fourth-order valence-corrected chi connectivity index (χ4v) is 10.9. The number of aliphatic hydroxyl groups is 2. The maximum atomic E-state index is 13.0. The number of phosphoric ester groups is 1. The molecule has 0 aliphatic rings. The summed E-state index contributed by atoms with van der Waals surface area (Å²) < 4.78 is 23.3. The number of nitrogens with zero attached hydrogens (tertiary/aromatic N) is 1. The van der Waals surface area contributed by atoms with E-state index in [1.807, 2.05) is 21.1 Å². The van der Waals surface area contributed by atoms with Crippen molar-refractivity contribution in [3.8, 4) is 0 Å². The molecule has 0 fully saturated rings. The van der Waals surface area contributed by atoms with Crippen LogP contribution in [0.15, 0.2) is 36.5 Å². The van der Waals surface area contributed by atoms with Gasteiger partial charge in [-0.1, -0.05) is 307 Å². The summed E-state index contributed by atoms with van der Waals surface area (Å²) in [6, 6.07) is -1.07. The number of carbonyl (C=O) groups is 1. The summed E-state index contributed by atoms with van der Waals surface area (Å²) in [5.74, 6) is -0.272. The lowest BCUT2D eigenvalue weighted by molar-refractivity contribution is -0.870. The topological polar surface area (TPSA) is 128 Å². The number of hydrogen-bond acceptors (Lipinski definition) is 7. The molecule has 0 aromatic carbocycles. The van der Waals surface area contributed by atoms with E-state index in [0.29, 0.717) is 17.4 Å². The summed E-state index contributed by atoms with van der Waals surface area (Å²) in [5, 5.41) is 24.8. The molecule has 0 bridgehead atoms. The summed E-state index contributed by atoms with van der Waals surface area (Å²) >= 11 is 0. The van der Waals surface area contributed by atoms with E-state index in [9.17, 15) is 24.5 Å². The average molecular weight is 1110 g/mol. The molecule has 0 saturated carbocycles. The van der Waals surface area contributed by atoms with Crippen LogP contribution < -0.4 is 10.2 Å². The lowest BCUT2D eigenvalue weighted by Crippen LogP contribution is -2.51. The zero-order chi connectivity index (χ0) is 56.4. The summed E-state index contributed by atoms with van der Waals surface area (Å²) in [6.07, 6.45) is 72.5. The highest BCUT2D eigenvalue weighted by Crippen LogP contribution is 2.38. The highest BCUT2D eigenvalue weighted by molar-refractivity contribution is 7.45. The predicted octanol–water partition coefficient (Wildman–Crippen LogP) is 19.2. The number of quaternary nitrogens is 1. The Morgan fingerprint density at radius 2 is 0.779 bits per heavy atom. The zero-order valence-corrected chi connectivity index (χ0v) is 52.7. The van der Waals surface area contributed by atoms with E-state index in [-0.39, 0.29) is 18.9 Å². The van der Waals surface area contributed by atoms with Crippen LogP contribution in [0.2, 0.25) is 0 Å². The smallest absolute Gasteiger partial charge is 0.268 e. The first-order valence-electron chi connectivity index (χ1n) is 33.4. The second-order valence-corrected chi connectivity index (χ2v) is 25.7. The Labute approximate surface area is 479 Å². The minimum Gasteiger partial charge on any atom is -0.756 e. The van der Waals surface area contributed by atoms with E-state index in [1.165, 1.54) is 250 Å². The monoisotopic (exact) mass is 1110 g/mol. The van der Waals surface area contributed by atoms with Gasteiger partial charge in [-0.05, 0) is 51.4 Å². The molecule has 4 atom stereocenters. The van der Waals surface area contributed by atoms with Crippen molar-refractivity contribution < 1.29 is 38.0 Å². The van der Waals surface area contributed by atoms with E-state index in [1.54, 1.807) is 0 Å². The van der Waals surface area contributed by atoms with E-state index < -0.39 is 32.7 Å². The van der Waals surface area contributed by atoms with E-state index in [4.69, 9.17) is 9.05 Å². The maximum absolute atomic E-state index is 13.0. The number of hydrogen-bond donors (Lipinski definition) is 3.